The number of rotatable bonds is 5. The monoisotopic (exact) mass is 168 g/mol. The van der Waals surface area contributed by atoms with Crippen molar-refractivity contribution in [2.75, 3.05) is 13.2 Å². The highest BCUT2D eigenvalue weighted by Crippen LogP contribution is 2.27. The van der Waals surface area contributed by atoms with Crippen molar-refractivity contribution < 1.29 is 9.47 Å². The van der Waals surface area contributed by atoms with Gasteiger partial charge in [-0.25, -0.2) is 0 Å². The lowest BCUT2D eigenvalue weighted by atomic mass is 9.97. The van der Waals surface area contributed by atoms with Crippen LogP contribution >= 0.6 is 0 Å². The first-order chi connectivity index (χ1) is 5.88. The first kappa shape index (κ1) is 8.27. The normalized spacial score (nSPS) is 35.4. The Kier molecular flexibility index (Phi) is 2.47. The minimum Gasteiger partial charge on any atom is -0.373 e. The van der Waals surface area contributed by atoms with Crippen LogP contribution in [0.3, 0.4) is 0 Å². The van der Waals surface area contributed by atoms with Crippen molar-refractivity contribution in [3.05, 3.63) is 12.2 Å². The molecule has 2 saturated heterocycles. The molecule has 0 saturated carbocycles. The molecule has 12 heavy (non-hydrogen) atoms. The molecule has 2 aliphatic heterocycles. The zero-order chi connectivity index (χ0) is 8.39. The van der Waals surface area contributed by atoms with E-state index in [0.717, 1.165) is 13.2 Å². The molecule has 2 rings (SSSR count). The minimum absolute atomic E-state index is 0.546. The lowest BCUT2D eigenvalue weighted by Gasteiger charge is -2.08. The number of hydrogen-bond donors (Lipinski definition) is 0. The van der Waals surface area contributed by atoms with Crippen LogP contribution in [-0.4, -0.2) is 25.4 Å². The van der Waals surface area contributed by atoms with E-state index in [0.29, 0.717) is 18.1 Å². The van der Waals surface area contributed by atoms with Crippen LogP contribution in [0.4, 0.5) is 0 Å². The van der Waals surface area contributed by atoms with Crippen LogP contribution in [0, 0.1) is 5.92 Å². The summed E-state index contributed by atoms with van der Waals surface area (Å²) in [5.41, 5.74) is 0. The van der Waals surface area contributed by atoms with Crippen LogP contribution in [0.2, 0.25) is 0 Å². The fraction of sp³-hybridized carbons (Fsp3) is 0.800. The Balaban J connectivity index is 1.73. The van der Waals surface area contributed by atoms with Crippen LogP contribution < -0.4 is 0 Å². The van der Waals surface area contributed by atoms with Gasteiger partial charge < -0.3 is 9.47 Å². The van der Waals surface area contributed by atoms with E-state index in [-0.39, 0.29) is 0 Å². The molecule has 2 heteroatoms. The molecule has 2 aliphatic rings. The van der Waals surface area contributed by atoms with Crippen molar-refractivity contribution in [3.63, 3.8) is 0 Å². The summed E-state index contributed by atoms with van der Waals surface area (Å²) in [4.78, 5) is 0. The van der Waals surface area contributed by atoms with Crippen LogP contribution in [0.15, 0.2) is 12.2 Å². The molecule has 0 aromatic carbocycles. The average molecular weight is 168 g/mol. The first-order valence-corrected chi connectivity index (χ1v) is 4.74. The number of hydrogen-bond acceptors (Lipinski definition) is 2. The molecule has 68 valence electrons. The summed E-state index contributed by atoms with van der Waals surface area (Å²) < 4.78 is 10.4. The smallest absolute Gasteiger partial charge is 0.0815 e. The van der Waals surface area contributed by atoms with Crippen LogP contribution in [0.1, 0.15) is 19.8 Å². The van der Waals surface area contributed by atoms with Crippen molar-refractivity contribution >= 4 is 0 Å². The molecule has 2 atom stereocenters. The zero-order valence-corrected chi connectivity index (χ0v) is 7.53. The fourth-order valence-corrected chi connectivity index (χ4v) is 1.61. The molecule has 2 heterocycles. The Hall–Kier alpha value is -0.340. The Bertz CT molecular complexity index is 155. The maximum absolute atomic E-state index is 5.21. The van der Waals surface area contributed by atoms with E-state index in [1.807, 2.05) is 0 Å². The third-order valence-corrected chi connectivity index (χ3v) is 2.40. The van der Waals surface area contributed by atoms with Gasteiger partial charge in [0.1, 0.15) is 0 Å². The summed E-state index contributed by atoms with van der Waals surface area (Å²) in [5.74, 6) is 0.676. The Morgan fingerprint density at radius 2 is 1.75 bits per heavy atom. The quantitative estimate of drug-likeness (QED) is 0.461. The average Bonchev–Trinajstić information content (AvgIpc) is 2.82. The third kappa shape index (κ3) is 2.61. The molecule has 2 fully saturated rings. The lowest BCUT2D eigenvalue weighted by Crippen LogP contribution is -2.04. The van der Waals surface area contributed by atoms with Crippen LogP contribution in [0.25, 0.3) is 0 Å². The standard InChI is InChI=1S/C10H16O2/c1-2-3-8(4-9-6-11-9)5-10-7-12-10/h2-3,8-10H,4-7H2,1H3. The molecular weight excluding hydrogens is 152 g/mol. The van der Waals surface area contributed by atoms with Crippen molar-refractivity contribution in [3.8, 4) is 0 Å². The topological polar surface area (TPSA) is 25.1 Å². The van der Waals surface area contributed by atoms with Gasteiger partial charge in [-0.3, -0.25) is 0 Å². The highest BCUT2D eigenvalue weighted by Gasteiger charge is 2.30. The van der Waals surface area contributed by atoms with Gasteiger partial charge in [0.05, 0.1) is 25.4 Å². The van der Waals surface area contributed by atoms with Gasteiger partial charge in [-0.15, -0.1) is 0 Å². The van der Waals surface area contributed by atoms with Gasteiger partial charge >= 0.3 is 0 Å². The third-order valence-electron chi connectivity index (χ3n) is 2.40. The van der Waals surface area contributed by atoms with Crippen LogP contribution in [-0.2, 0) is 9.47 Å². The summed E-state index contributed by atoms with van der Waals surface area (Å²) in [6.07, 6.45) is 7.88. The second kappa shape index (κ2) is 3.58. The molecule has 0 aromatic rings. The predicted octanol–water partition coefficient (Wildman–Crippen LogP) is 1.76. The summed E-state index contributed by atoms with van der Waals surface area (Å²) >= 11 is 0. The van der Waals surface area contributed by atoms with E-state index in [4.69, 9.17) is 9.47 Å². The van der Waals surface area contributed by atoms with Gasteiger partial charge in [-0.05, 0) is 25.7 Å². The highest BCUT2D eigenvalue weighted by atomic mass is 16.6. The summed E-state index contributed by atoms with van der Waals surface area (Å²) in [6, 6.07) is 0. The molecule has 0 amide bonds. The highest BCUT2D eigenvalue weighted by molar-refractivity contribution is 4.92. The molecule has 0 aromatic heterocycles. The zero-order valence-electron chi connectivity index (χ0n) is 7.53. The molecular formula is C10H16O2. The molecule has 2 nitrogen and oxygen atoms in total. The summed E-state index contributed by atoms with van der Waals surface area (Å²) in [5, 5.41) is 0. The SMILES string of the molecule is CC=CC(CC1CO1)CC1CO1. The Morgan fingerprint density at radius 3 is 2.08 bits per heavy atom. The molecule has 0 bridgehead atoms. The van der Waals surface area contributed by atoms with E-state index in [1.165, 1.54) is 12.8 Å². The Labute approximate surface area is 73.5 Å². The second-order valence-electron chi connectivity index (χ2n) is 3.67. The molecule has 0 aliphatic carbocycles. The van der Waals surface area contributed by atoms with Crippen LogP contribution in [0.5, 0.6) is 0 Å². The number of ether oxygens (including phenoxy) is 2. The van der Waals surface area contributed by atoms with Gasteiger partial charge in [0.25, 0.3) is 0 Å². The first-order valence-electron chi connectivity index (χ1n) is 4.74. The predicted molar refractivity (Wildman–Crippen MR) is 47.0 cm³/mol. The maximum atomic E-state index is 5.21. The summed E-state index contributed by atoms with van der Waals surface area (Å²) in [6.45, 7) is 4.02. The number of allylic oxidation sites excluding steroid dienone is 2. The summed E-state index contributed by atoms with van der Waals surface area (Å²) in [7, 11) is 0. The largest absolute Gasteiger partial charge is 0.373 e. The molecule has 0 N–H and O–H groups in total. The van der Waals surface area contributed by atoms with E-state index in [2.05, 4.69) is 19.1 Å². The van der Waals surface area contributed by atoms with E-state index >= 15 is 0 Å². The van der Waals surface area contributed by atoms with Crippen molar-refractivity contribution in [1.29, 1.82) is 0 Å². The molecule has 2 unspecified atom stereocenters. The van der Waals surface area contributed by atoms with Crippen molar-refractivity contribution in [2.45, 2.75) is 32.0 Å². The van der Waals surface area contributed by atoms with E-state index in [1.54, 1.807) is 0 Å². The van der Waals surface area contributed by atoms with Gasteiger partial charge in [0, 0.05) is 0 Å². The second-order valence-corrected chi connectivity index (χ2v) is 3.67. The minimum atomic E-state index is 0.546. The van der Waals surface area contributed by atoms with E-state index < -0.39 is 0 Å². The van der Waals surface area contributed by atoms with Crippen molar-refractivity contribution in [1.82, 2.24) is 0 Å². The van der Waals surface area contributed by atoms with Crippen molar-refractivity contribution in [2.24, 2.45) is 5.92 Å². The van der Waals surface area contributed by atoms with E-state index in [9.17, 15) is 0 Å². The fourth-order valence-electron chi connectivity index (χ4n) is 1.61. The van der Waals surface area contributed by atoms with Gasteiger partial charge in [-0.1, -0.05) is 12.2 Å². The number of epoxide rings is 2. The Morgan fingerprint density at radius 1 is 1.25 bits per heavy atom. The van der Waals surface area contributed by atoms with Gasteiger partial charge in [0.2, 0.25) is 0 Å². The molecule has 0 radical (unpaired) electrons. The van der Waals surface area contributed by atoms with Gasteiger partial charge in [0.15, 0.2) is 0 Å². The maximum Gasteiger partial charge on any atom is 0.0815 e. The molecule has 0 spiro atoms. The van der Waals surface area contributed by atoms with Gasteiger partial charge in [-0.2, -0.15) is 0 Å². The lowest BCUT2D eigenvalue weighted by molar-refractivity contribution is 0.335.